The van der Waals surface area contributed by atoms with Crippen molar-refractivity contribution in [1.29, 1.82) is 0 Å². The van der Waals surface area contributed by atoms with Gasteiger partial charge in [-0.3, -0.25) is 14.5 Å². The van der Waals surface area contributed by atoms with Crippen molar-refractivity contribution in [3.63, 3.8) is 0 Å². The summed E-state index contributed by atoms with van der Waals surface area (Å²) < 4.78 is 0. The molecule has 0 aromatic heterocycles. The van der Waals surface area contributed by atoms with Crippen LogP contribution in [0.25, 0.3) is 0 Å². The Kier molecular flexibility index (Phi) is 3.59. The molecule has 2 N–H and O–H groups in total. The molecule has 2 amide bonds. The van der Waals surface area contributed by atoms with E-state index < -0.39 is 0 Å². The highest BCUT2D eigenvalue weighted by atomic mass is 35.5. The first kappa shape index (κ1) is 12.3. The number of carbonyl (C=O) groups is 2. The van der Waals surface area contributed by atoms with E-state index in [9.17, 15) is 9.59 Å². The Bertz CT molecular complexity index is 442. The highest BCUT2D eigenvalue weighted by Gasteiger charge is 2.27. The van der Waals surface area contributed by atoms with Crippen LogP contribution in [0, 0.1) is 0 Å². The van der Waals surface area contributed by atoms with Gasteiger partial charge in [-0.05, 0) is 12.1 Å². The van der Waals surface area contributed by atoms with Crippen molar-refractivity contribution in [3.8, 4) is 0 Å². The van der Waals surface area contributed by atoms with Crippen molar-refractivity contribution in [1.82, 2.24) is 4.90 Å². The summed E-state index contributed by atoms with van der Waals surface area (Å²) in [5, 5.41) is 0.238. The molecule has 6 heteroatoms. The van der Waals surface area contributed by atoms with Crippen LogP contribution in [0.2, 0.25) is 5.02 Å². The molecule has 0 atom stereocenters. The molecule has 0 unspecified atom stereocenters. The van der Waals surface area contributed by atoms with E-state index in [0.717, 1.165) is 11.8 Å². The molecule has 0 bridgehead atoms. The summed E-state index contributed by atoms with van der Waals surface area (Å²) in [7, 11) is 0. The smallest absolute Gasteiger partial charge is 0.288 e. The van der Waals surface area contributed by atoms with Crippen LogP contribution in [-0.4, -0.2) is 21.8 Å². The topological polar surface area (TPSA) is 63.4 Å². The lowest BCUT2D eigenvalue weighted by molar-refractivity contribution is -0.128. The fourth-order valence-corrected chi connectivity index (χ4v) is 2.61. The summed E-state index contributed by atoms with van der Waals surface area (Å²) in [6.07, 6.45) is 0.376. The zero-order chi connectivity index (χ0) is 12.4. The third-order valence-electron chi connectivity index (χ3n) is 2.53. The van der Waals surface area contributed by atoms with E-state index >= 15 is 0 Å². The van der Waals surface area contributed by atoms with Gasteiger partial charge < -0.3 is 5.73 Å². The first-order valence-electron chi connectivity index (χ1n) is 5.09. The van der Waals surface area contributed by atoms with Crippen molar-refractivity contribution in [2.24, 2.45) is 0 Å². The van der Waals surface area contributed by atoms with E-state index in [1.807, 2.05) is 0 Å². The molecule has 90 valence electrons. The van der Waals surface area contributed by atoms with Crippen LogP contribution >= 0.6 is 23.4 Å². The predicted octanol–water partition coefficient (Wildman–Crippen LogP) is 2.51. The first-order chi connectivity index (χ1) is 8.09. The Morgan fingerprint density at radius 3 is 2.82 bits per heavy atom. The standard InChI is InChI=1S/C11H11ClN2O2S/c12-8-2-1-3-9(13)7(8)6-14-10(15)4-5-17-11(14)16/h1-3H,4-6,13H2. The maximum atomic E-state index is 11.6. The lowest BCUT2D eigenvalue weighted by Crippen LogP contribution is -2.37. The fourth-order valence-electron chi connectivity index (χ4n) is 1.59. The molecular weight excluding hydrogens is 260 g/mol. The molecule has 1 aliphatic heterocycles. The Balaban J connectivity index is 2.25. The number of nitrogens with two attached hydrogens (primary N) is 1. The first-order valence-corrected chi connectivity index (χ1v) is 6.46. The zero-order valence-corrected chi connectivity index (χ0v) is 10.6. The molecule has 1 aromatic rings. The lowest BCUT2D eigenvalue weighted by Gasteiger charge is -2.25. The summed E-state index contributed by atoms with van der Waals surface area (Å²) >= 11 is 7.15. The number of amides is 2. The quantitative estimate of drug-likeness (QED) is 0.839. The third kappa shape index (κ3) is 2.56. The Morgan fingerprint density at radius 1 is 1.41 bits per heavy atom. The largest absolute Gasteiger partial charge is 0.398 e. The van der Waals surface area contributed by atoms with Crippen molar-refractivity contribution in [2.45, 2.75) is 13.0 Å². The average molecular weight is 271 g/mol. The molecule has 17 heavy (non-hydrogen) atoms. The van der Waals surface area contributed by atoms with Gasteiger partial charge in [-0.15, -0.1) is 0 Å². The van der Waals surface area contributed by atoms with Gasteiger partial charge in [-0.25, -0.2) is 0 Å². The minimum atomic E-state index is -0.236. The van der Waals surface area contributed by atoms with Crippen molar-refractivity contribution < 1.29 is 9.59 Å². The van der Waals surface area contributed by atoms with Gasteiger partial charge in [0.25, 0.3) is 5.24 Å². The highest BCUT2D eigenvalue weighted by molar-refractivity contribution is 8.13. The molecule has 1 aromatic carbocycles. The number of nitrogen functional groups attached to an aromatic ring is 1. The van der Waals surface area contributed by atoms with Gasteiger partial charge >= 0.3 is 0 Å². The molecule has 1 aliphatic rings. The average Bonchev–Trinajstić information content (AvgIpc) is 2.27. The molecule has 0 spiro atoms. The van der Waals surface area contributed by atoms with Gasteiger partial charge in [0.15, 0.2) is 0 Å². The number of carbonyl (C=O) groups excluding carboxylic acids is 2. The van der Waals surface area contributed by atoms with Crippen LogP contribution in [0.1, 0.15) is 12.0 Å². The number of anilines is 1. The number of benzene rings is 1. The predicted molar refractivity (Wildman–Crippen MR) is 68.9 cm³/mol. The van der Waals surface area contributed by atoms with Crippen LogP contribution in [0.15, 0.2) is 18.2 Å². The second kappa shape index (κ2) is 4.98. The maximum absolute atomic E-state index is 11.6. The number of hydrogen-bond donors (Lipinski definition) is 1. The van der Waals surface area contributed by atoms with Crippen molar-refractivity contribution in [2.75, 3.05) is 11.5 Å². The molecule has 1 fully saturated rings. The van der Waals surface area contributed by atoms with E-state index in [4.69, 9.17) is 17.3 Å². The molecule has 1 saturated heterocycles. The maximum Gasteiger partial charge on any atom is 0.288 e. The minimum absolute atomic E-state index is 0.149. The summed E-state index contributed by atoms with van der Waals surface area (Å²) in [6, 6.07) is 5.13. The number of thioether (sulfide) groups is 1. The Labute approximate surface area is 108 Å². The van der Waals surface area contributed by atoms with E-state index in [1.54, 1.807) is 18.2 Å². The van der Waals surface area contributed by atoms with Crippen LogP contribution in [0.4, 0.5) is 10.5 Å². The number of imide groups is 1. The highest BCUT2D eigenvalue weighted by Crippen LogP contribution is 2.27. The molecule has 2 rings (SSSR count). The van der Waals surface area contributed by atoms with Gasteiger partial charge in [-0.1, -0.05) is 29.4 Å². The molecular formula is C11H11ClN2O2S. The normalized spacial score (nSPS) is 16.4. The number of hydrogen-bond acceptors (Lipinski definition) is 4. The molecule has 4 nitrogen and oxygen atoms in total. The van der Waals surface area contributed by atoms with Crippen LogP contribution < -0.4 is 5.73 Å². The fraction of sp³-hybridized carbons (Fsp3) is 0.273. The number of halogens is 1. The number of nitrogens with zero attached hydrogens (tertiary/aromatic N) is 1. The zero-order valence-electron chi connectivity index (χ0n) is 8.98. The van der Waals surface area contributed by atoms with Gasteiger partial charge in [0.2, 0.25) is 5.91 Å². The van der Waals surface area contributed by atoms with Crippen molar-refractivity contribution >= 4 is 40.2 Å². The summed E-state index contributed by atoms with van der Waals surface area (Å²) in [4.78, 5) is 24.5. The molecule has 1 heterocycles. The second-order valence-corrected chi connectivity index (χ2v) is 5.11. The summed E-state index contributed by atoms with van der Waals surface area (Å²) in [5.41, 5.74) is 6.91. The van der Waals surface area contributed by atoms with Gasteiger partial charge in [-0.2, -0.15) is 0 Å². The monoisotopic (exact) mass is 270 g/mol. The van der Waals surface area contributed by atoms with E-state index in [0.29, 0.717) is 28.4 Å². The molecule has 0 radical (unpaired) electrons. The Morgan fingerprint density at radius 2 is 2.18 bits per heavy atom. The molecule has 0 saturated carbocycles. The summed E-state index contributed by atoms with van der Waals surface area (Å²) in [6.45, 7) is 0.149. The van der Waals surface area contributed by atoms with E-state index in [-0.39, 0.29) is 17.7 Å². The summed E-state index contributed by atoms with van der Waals surface area (Å²) in [5.74, 6) is 0.375. The van der Waals surface area contributed by atoms with Gasteiger partial charge in [0.1, 0.15) is 0 Å². The van der Waals surface area contributed by atoms with Crippen LogP contribution in [-0.2, 0) is 11.3 Å². The SMILES string of the molecule is Nc1cccc(Cl)c1CN1C(=O)CCSC1=O. The lowest BCUT2D eigenvalue weighted by atomic mass is 10.1. The Hall–Kier alpha value is -1.20. The minimum Gasteiger partial charge on any atom is -0.398 e. The number of rotatable bonds is 2. The second-order valence-electron chi connectivity index (χ2n) is 3.65. The van der Waals surface area contributed by atoms with Gasteiger partial charge in [0, 0.05) is 28.4 Å². The van der Waals surface area contributed by atoms with Crippen LogP contribution in [0.5, 0.6) is 0 Å². The molecule has 0 aliphatic carbocycles. The third-order valence-corrected chi connectivity index (χ3v) is 3.76. The van der Waals surface area contributed by atoms with Gasteiger partial charge in [0.05, 0.1) is 6.54 Å². The van der Waals surface area contributed by atoms with E-state index in [2.05, 4.69) is 0 Å². The van der Waals surface area contributed by atoms with Crippen molar-refractivity contribution in [3.05, 3.63) is 28.8 Å². The van der Waals surface area contributed by atoms with Crippen LogP contribution in [0.3, 0.4) is 0 Å². The van der Waals surface area contributed by atoms with E-state index in [1.165, 1.54) is 4.90 Å².